The molecule has 1 aromatic rings. The second kappa shape index (κ2) is 7.19. The zero-order chi connectivity index (χ0) is 13.7. The van der Waals surface area contributed by atoms with Crippen molar-refractivity contribution in [2.45, 2.75) is 25.4 Å². The highest BCUT2D eigenvalue weighted by Crippen LogP contribution is 2.37. The number of fused-ring (bicyclic) bond motifs is 1. The van der Waals surface area contributed by atoms with Crippen molar-refractivity contribution in [2.24, 2.45) is 0 Å². The minimum atomic E-state index is -0.332. The van der Waals surface area contributed by atoms with Crippen LogP contribution < -0.4 is 4.90 Å². The topological polar surface area (TPSA) is 54.8 Å². The molecule has 6 heteroatoms. The summed E-state index contributed by atoms with van der Waals surface area (Å²) in [6.07, 6.45) is 2.52. The Morgan fingerprint density at radius 1 is 1.32 bits per heavy atom. The SMILES string of the molecule is COCCN(CCOC)c1nc2c(s1)C(O)CCC2. The Bertz CT molecular complexity index is 389. The maximum atomic E-state index is 10.0. The third-order valence-electron chi connectivity index (χ3n) is 3.31. The molecule has 1 aliphatic rings. The van der Waals surface area contributed by atoms with Crippen LogP contribution in [0.4, 0.5) is 5.13 Å². The number of aromatic nitrogens is 1. The Hall–Kier alpha value is -0.690. The first-order valence-electron chi connectivity index (χ1n) is 6.66. The van der Waals surface area contributed by atoms with Gasteiger partial charge in [-0.3, -0.25) is 0 Å². The minimum absolute atomic E-state index is 0.332. The van der Waals surface area contributed by atoms with Crippen LogP contribution in [0.15, 0.2) is 0 Å². The van der Waals surface area contributed by atoms with Crippen molar-refractivity contribution >= 4 is 16.5 Å². The smallest absolute Gasteiger partial charge is 0.186 e. The second-order valence-corrected chi connectivity index (χ2v) is 5.70. The monoisotopic (exact) mass is 286 g/mol. The van der Waals surface area contributed by atoms with Gasteiger partial charge in [-0.25, -0.2) is 4.98 Å². The van der Waals surface area contributed by atoms with Crippen LogP contribution in [-0.2, 0) is 15.9 Å². The van der Waals surface area contributed by atoms with Crippen LogP contribution in [0.25, 0.3) is 0 Å². The number of aliphatic hydroxyl groups excluding tert-OH is 1. The van der Waals surface area contributed by atoms with E-state index in [0.717, 1.165) is 48.1 Å². The maximum absolute atomic E-state index is 10.0. The molecule has 0 fully saturated rings. The molecule has 1 aromatic heterocycles. The Morgan fingerprint density at radius 3 is 2.58 bits per heavy atom. The molecule has 0 saturated carbocycles. The fourth-order valence-electron chi connectivity index (χ4n) is 2.23. The first-order valence-corrected chi connectivity index (χ1v) is 7.48. The predicted molar refractivity (Wildman–Crippen MR) is 76.0 cm³/mol. The first kappa shape index (κ1) is 14.7. The lowest BCUT2D eigenvalue weighted by Gasteiger charge is -2.20. The summed E-state index contributed by atoms with van der Waals surface area (Å²) in [4.78, 5) is 7.89. The fraction of sp³-hybridized carbons (Fsp3) is 0.769. The zero-order valence-electron chi connectivity index (χ0n) is 11.6. The number of ether oxygens (including phenoxy) is 2. The van der Waals surface area contributed by atoms with Crippen LogP contribution in [0, 0.1) is 0 Å². The lowest BCUT2D eigenvalue weighted by molar-refractivity contribution is 0.160. The van der Waals surface area contributed by atoms with E-state index in [2.05, 4.69) is 9.88 Å². The molecule has 2 rings (SSSR count). The molecule has 108 valence electrons. The van der Waals surface area contributed by atoms with Crippen molar-refractivity contribution in [2.75, 3.05) is 45.4 Å². The number of hydrogen-bond donors (Lipinski definition) is 1. The van der Waals surface area contributed by atoms with E-state index in [1.165, 1.54) is 0 Å². The van der Waals surface area contributed by atoms with Crippen LogP contribution >= 0.6 is 11.3 Å². The number of rotatable bonds is 7. The van der Waals surface area contributed by atoms with Crippen molar-refractivity contribution in [3.05, 3.63) is 10.6 Å². The molecule has 0 bridgehead atoms. The van der Waals surface area contributed by atoms with Gasteiger partial charge >= 0.3 is 0 Å². The van der Waals surface area contributed by atoms with Crippen LogP contribution in [0.1, 0.15) is 29.5 Å². The number of anilines is 1. The van der Waals surface area contributed by atoms with Gasteiger partial charge in [0.15, 0.2) is 5.13 Å². The summed E-state index contributed by atoms with van der Waals surface area (Å²) in [6, 6.07) is 0. The third-order valence-corrected chi connectivity index (χ3v) is 4.57. The lowest BCUT2D eigenvalue weighted by atomic mass is 10.0. The van der Waals surface area contributed by atoms with E-state index in [1.807, 2.05) is 0 Å². The highest BCUT2D eigenvalue weighted by Gasteiger charge is 2.24. The van der Waals surface area contributed by atoms with Crippen molar-refractivity contribution < 1.29 is 14.6 Å². The van der Waals surface area contributed by atoms with Crippen molar-refractivity contribution in [1.29, 1.82) is 0 Å². The average Bonchev–Trinajstić information content (AvgIpc) is 2.84. The molecule has 0 aromatic carbocycles. The summed E-state index contributed by atoms with van der Waals surface area (Å²) in [6.45, 7) is 2.91. The third kappa shape index (κ3) is 3.66. The Labute approximate surface area is 118 Å². The number of methoxy groups -OCH3 is 2. The summed E-state index contributed by atoms with van der Waals surface area (Å²) in [5.41, 5.74) is 1.07. The Kier molecular flexibility index (Phi) is 5.57. The molecule has 0 aliphatic heterocycles. The molecule has 1 atom stereocenters. The van der Waals surface area contributed by atoms with E-state index in [1.54, 1.807) is 25.6 Å². The van der Waals surface area contributed by atoms with Crippen molar-refractivity contribution in [1.82, 2.24) is 4.98 Å². The quantitative estimate of drug-likeness (QED) is 0.825. The highest BCUT2D eigenvalue weighted by atomic mass is 32.1. The fourth-order valence-corrected chi connectivity index (χ4v) is 3.41. The molecule has 0 radical (unpaired) electrons. The van der Waals surface area contributed by atoms with E-state index in [-0.39, 0.29) is 6.10 Å². The van der Waals surface area contributed by atoms with Crippen molar-refractivity contribution in [3.63, 3.8) is 0 Å². The van der Waals surface area contributed by atoms with E-state index in [9.17, 15) is 5.11 Å². The largest absolute Gasteiger partial charge is 0.388 e. The standard InChI is InChI=1S/C13H22N2O3S/c1-17-8-6-15(7-9-18-2)13-14-10-4-3-5-11(16)12(10)19-13/h11,16H,3-9H2,1-2H3. The number of thiazole rings is 1. The first-order chi connectivity index (χ1) is 9.26. The Balaban J connectivity index is 2.11. The summed E-state index contributed by atoms with van der Waals surface area (Å²) in [5.74, 6) is 0. The zero-order valence-corrected chi connectivity index (χ0v) is 12.4. The van der Waals surface area contributed by atoms with Crippen LogP contribution in [0.2, 0.25) is 0 Å². The molecule has 19 heavy (non-hydrogen) atoms. The van der Waals surface area contributed by atoms with Gasteiger partial charge in [0.25, 0.3) is 0 Å². The minimum Gasteiger partial charge on any atom is -0.388 e. The summed E-state index contributed by atoms with van der Waals surface area (Å²) in [5, 5.41) is 11.0. The van der Waals surface area contributed by atoms with Gasteiger partial charge in [0.05, 0.1) is 29.9 Å². The average molecular weight is 286 g/mol. The predicted octanol–water partition coefficient (Wildman–Crippen LogP) is 1.61. The summed E-state index contributed by atoms with van der Waals surface area (Å²) >= 11 is 1.61. The maximum Gasteiger partial charge on any atom is 0.186 e. The molecule has 0 amide bonds. The summed E-state index contributed by atoms with van der Waals surface area (Å²) < 4.78 is 10.3. The van der Waals surface area contributed by atoms with Gasteiger partial charge in [0.1, 0.15) is 0 Å². The number of nitrogens with zero attached hydrogens (tertiary/aromatic N) is 2. The molecule has 1 heterocycles. The lowest BCUT2D eigenvalue weighted by Crippen LogP contribution is -2.30. The normalized spacial score (nSPS) is 18.4. The number of hydrogen-bond acceptors (Lipinski definition) is 6. The Morgan fingerprint density at radius 2 is 2.00 bits per heavy atom. The molecule has 5 nitrogen and oxygen atoms in total. The van der Waals surface area contributed by atoms with Gasteiger partial charge in [-0.1, -0.05) is 11.3 Å². The molecule has 1 aliphatic carbocycles. The molecule has 1 N–H and O–H groups in total. The molecular formula is C13H22N2O3S. The van der Waals surface area contributed by atoms with Gasteiger partial charge in [-0.15, -0.1) is 0 Å². The van der Waals surface area contributed by atoms with E-state index >= 15 is 0 Å². The van der Waals surface area contributed by atoms with Crippen LogP contribution in [-0.4, -0.2) is 50.6 Å². The summed E-state index contributed by atoms with van der Waals surface area (Å²) in [7, 11) is 3.40. The van der Waals surface area contributed by atoms with Crippen molar-refractivity contribution in [3.8, 4) is 0 Å². The van der Waals surface area contributed by atoms with E-state index in [0.29, 0.717) is 13.2 Å². The van der Waals surface area contributed by atoms with E-state index in [4.69, 9.17) is 9.47 Å². The number of aliphatic hydroxyl groups is 1. The van der Waals surface area contributed by atoms with Crippen LogP contribution in [0.5, 0.6) is 0 Å². The number of aryl methyl sites for hydroxylation is 1. The molecule has 0 saturated heterocycles. The van der Waals surface area contributed by atoms with Gasteiger partial charge in [0, 0.05) is 27.3 Å². The molecule has 1 unspecified atom stereocenters. The second-order valence-electron chi connectivity index (χ2n) is 4.69. The molecular weight excluding hydrogens is 264 g/mol. The van der Waals surface area contributed by atoms with Gasteiger partial charge in [-0.2, -0.15) is 0 Å². The van der Waals surface area contributed by atoms with Crippen LogP contribution in [0.3, 0.4) is 0 Å². The highest BCUT2D eigenvalue weighted by molar-refractivity contribution is 7.15. The van der Waals surface area contributed by atoms with Gasteiger partial charge < -0.3 is 19.5 Å². The van der Waals surface area contributed by atoms with E-state index < -0.39 is 0 Å². The van der Waals surface area contributed by atoms with Gasteiger partial charge in [0.2, 0.25) is 0 Å². The van der Waals surface area contributed by atoms with Gasteiger partial charge in [-0.05, 0) is 19.3 Å². The molecule has 0 spiro atoms.